The second kappa shape index (κ2) is 9.47. The SMILES string of the molecule is CCOC(=O)c1nc(COC(=O)CNS(=O)(=O)c2ccc(Cl)c(Cl)c2)cs1. The lowest BCUT2D eigenvalue weighted by atomic mass is 10.4. The Morgan fingerprint density at radius 3 is 2.63 bits per heavy atom. The lowest BCUT2D eigenvalue weighted by molar-refractivity contribution is -0.143. The van der Waals surface area contributed by atoms with E-state index in [4.69, 9.17) is 32.7 Å². The van der Waals surface area contributed by atoms with Gasteiger partial charge in [-0.3, -0.25) is 4.79 Å². The van der Waals surface area contributed by atoms with Gasteiger partial charge in [-0.2, -0.15) is 4.72 Å². The van der Waals surface area contributed by atoms with Gasteiger partial charge >= 0.3 is 11.9 Å². The van der Waals surface area contributed by atoms with Crippen LogP contribution < -0.4 is 4.72 Å². The maximum Gasteiger partial charge on any atom is 0.367 e. The van der Waals surface area contributed by atoms with E-state index in [0.29, 0.717) is 5.69 Å². The van der Waals surface area contributed by atoms with E-state index in [1.54, 1.807) is 12.3 Å². The minimum atomic E-state index is -3.96. The minimum absolute atomic E-state index is 0.0723. The number of aromatic nitrogens is 1. The average Bonchev–Trinajstić information content (AvgIpc) is 3.10. The monoisotopic (exact) mass is 452 g/mol. The van der Waals surface area contributed by atoms with Crippen molar-refractivity contribution in [2.75, 3.05) is 13.2 Å². The van der Waals surface area contributed by atoms with Crippen LogP contribution in [0.4, 0.5) is 0 Å². The van der Waals surface area contributed by atoms with Gasteiger partial charge in [0.05, 0.1) is 27.2 Å². The number of sulfonamides is 1. The number of thiazole rings is 1. The van der Waals surface area contributed by atoms with Gasteiger partial charge in [0.2, 0.25) is 15.0 Å². The van der Waals surface area contributed by atoms with E-state index in [0.717, 1.165) is 11.3 Å². The van der Waals surface area contributed by atoms with Crippen molar-refractivity contribution in [2.24, 2.45) is 0 Å². The predicted octanol–water partition coefficient (Wildman–Crippen LogP) is 2.65. The van der Waals surface area contributed by atoms with Crippen molar-refractivity contribution < 1.29 is 27.5 Å². The summed E-state index contributed by atoms with van der Waals surface area (Å²) in [5.74, 6) is -1.38. The fourth-order valence-corrected chi connectivity index (χ4v) is 3.80. The highest BCUT2D eigenvalue weighted by atomic mass is 35.5. The van der Waals surface area contributed by atoms with Crippen molar-refractivity contribution in [2.45, 2.75) is 18.4 Å². The van der Waals surface area contributed by atoms with E-state index in [-0.39, 0.29) is 33.2 Å². The van der Waals surface area contributed by atoms with Gasteiger partial charge in [0, 0.05) is 5.38 Å². The van der Waals surface area contributed by atoms with Crippen molar-refractivity contribution in [3.05, 3.63) is 44.3 Å². The van der Waals surface area contributed by atoms with Gasteiger partial charge in [-0.15, -0.1) is 11.3 Å². The lowest BCUT2D eigenvalue weighted by Gasteiger charge is -2.07. The summed E-state index contributed by atoms with van der Waals surface area (Å²) < 4.78 is 36.1. The molecule has 0 amide bonds. The molecule has 1 aromatic heterocycles. The summed E-state index contributed by atoms with van der Waals surface area (Å²) in [6.07, 6.45) is 0. The van der Waals surface area contributed by atoms with Crippen molar-refractivity contribution >= 4 is 56.5 Å². The Morgan fingerprint density at radius 2 is 1.96 bits per heavy atom. The molecule has 2 aromatic rings. The zero-order chi connectivity index (χ0) is 20.0. The largest absolute Gasteiger partial charge is 0.461 e. The summed E-state index contributed by atoms with van der Waals surface area (Å²) in [5.41, 5.74) is 0.351. The van der Waals surface area contributed by atoms with Crippen molar-refractivity contribution in [3.8, 4) is 0 Å². The number of halogens is 2. The van der Waals surface area contributed by atoms with Crippen LogP contribution in [-0.2, 0) is 30.9 Å². The predicted molar refractivity (Wildman–Crippen MR) is 99.5 cm³/mol. The summed E-state index contributed by atoms with van der Waals surface area (Å²) >= 11 is 12.6. The van der Waals surface area contributed by atoms with Gasteiger partial charge in [-0.05, 0) is 25.1 Å². The van der Waals surface area contributed by atoms with Crippen LogP contribution in [0.3, 0.4) is 0 Å². The van der Waals surface area contributed by atoms with Crippen LogP contribution in [0.2, 0.25) is 10.0 Å². The molecule has 1 heterocycles. The summed E-state index contributed by atoms with van der Waals surface area (Å²) in [5, 5.41) is 1.96. The van der Waals surface area contributed by atoms with Crippen LogP contribution in [-0.4, -0.2) is 38.5 Å². The molecule has 0 saturated carbocycles. The van der Waals surface area contributed by atoms with E-state index < -0.39 is 28.5 Å². The number of hydrogen-bond acceptors (Lipinski definition) is 8. The molecule has 0 radical (unpaired) electrons. The van der Waals surface area contributed by atoms with Gasteiger partial charge in [-0.1, -0.05) is 23.2 Å². The number of benzene rings is 1. The van der Waals surface area contributed by atoms with E-state index in [1.807, 2.05) is 0 Å². The smallest absolute Gasteiger partial charge is 0.367 e. The number of ether oxygens (including phenoxy) is 2. The number of rotatable bonds is 8. The molecule has 0 unspecified atom stereocenters. The zero-order valence-corrected chi connectivity index (χ0v) is 17.0. The third kappa shape index (κ3) is 6.15. The fraction of sp³-hybridized carbons (Fsp3) is 0.267. The number of carbonyl (C=O) groups excluding carboxylic acids is 2. The van der Waals surface area contributed by atoms with E-state index >= 15 is 0 Å². The van der Waals surface area contributed by atoms with Crippen LogP contribution >= 0.6 is 34.5 Å². The maximum atomic E-state index is 12.1. The first-order valence-corrected chi connectivity index (χ1v) is 10.6. The highest BCUT2D eigenvalue weighted by molar-refractivity contribution is 7.89. The topological polar surface area (TPSA) is 112 Å². The van der Waals surface area contributed by atoms with Gasteiger partial charge in [0.1, 0.15) is 13.2 Å². The Kier molecular flexibility index (Phi) is 7.57. The molecule has 0 aliphatic carbocycles. The number of nitrogens with one attached hydrogen (secondary N) is 1. The Balaban J connectivity index is 1.87. The summed E-state index contributed by atoms with van der Waals surface area (Å²) in [6, 6.07) is 3.76. The quantitative estimate of drug-likeness (QED) is 0.612. The molecule has 27 heavy (non-hydrogen) atoms. The molecule has 12 heteroatoms. The molecular weight excluding hydrogens is 439 g/mol. The second-order valence-corrected chi connectivity index (χ2v) is 8.37. The number of esters is 2. The number of hydrogen-bond donors (Lipinski definition) is 1. The van der Waals surface area contributed by atoms with Gasteiger partial charge < -0.3 is 9.47 Å². The van der Waals surface area contributed by atoms with Crippen LogP contribution in [0.25, 0.3) is 0 Å². The van der Waals surface area contributed by atoms with Crippen molar-refractivity contribution in [3.63, 3.8) is 0 Å². The highest BCUT2D eigenvalue weighted by Crippen LogP contribution is 2.24. The molecule has 0 fully saturated rings. The summed E-state index contributed by atoms with van der Waals surface area (Å²) in [7, 11) is -3.96. The van der Waals surface area contributed by atoms with Gasteiger partial charge in [-0.25, -0.2) is 18.2 Å². The highest BCUT2D eigenvalue weighted by Gasteiger charge is 2.18. The third-order valence-corrected chi connectivity index (χ3v) is 6.00. The Labute approximate surface area is 169 Å². The van der Waals surface area contributed by atoms with Gasteiger partial charge in [0.25, 0.3) is 0 Å². The maximum absolute atomic E-state index is 12.1. The zero-order valence-electron chi connectivity index (χ0n) is 13.9. The molecule has 1 N–H and O–H groups in total. The first-order chi connectivity index (χ1) is 12.7. The van der Waals surface area contributed by atoms with Crippen LogP contribution in [0.5, 0.6) is 0 Å². The van der Waals surface area contributed by atoms with E-state index in [9.17, 15) is 18.0 Å². The summed E-state index contributed by atoms with van der Waals surface area (Å²) in [6.45, 7) is 1.11. The molecule has 0 aliphatic heterocycles. The third-order valence-electron chi connectivity index (χ3n) is 2.99. The molecule has 0 spiro atoms. The van der Waals surface area contributed by atoms with Crippen LogP contribution in [0, 0.1) is 0 Å². The molecular formula is C15H14Cl2N2O6S2. The first-order valence-electron chi connectivity index (χ1n) is 7.44. The molecule has 2 rings (SSSR count). The molecule has 0 aliphatic rings. The lowest BCUT2D eigenvalue weighted by Crippen LogP contribution is -2.30. The number of nitrogens with zero attached hydrogens (tertiary/aromatic N) is 1. The average molecular weight is 453 g/mol. The second-order valence-electron chi connectivity index (χ2n) is 4.93. The van der Waals surface area contributed by atoms with E-state index in [1.165, 1.54) is 18.2 Å². The molecule has 0 saturated heterocycles. The van der Waals surface area contributed by atoms with Gasteiger partial charge in [0.15, 0.2) is 0 Å². The van der Waals surface area contributed by atoms with Crippen LogP contribution in [0.15, 0.2) is 28.5 Å². The number of carbonyl (C=O) groups is 2. The standard InChI is InChI=1S/C15H14Cl2N2O6S2/c1-2-24-15(21)14-19-9(8-26-14)7-25-13(20)6-18-27(22,23)10-3-4-11(16)12(17)5-10/h3-5,8,18H,2,6-7H2,1H3. The van der Waals surface area contributed by atoms with E-state index in [2.05, 4.69) is 9.71 Å². The molecule has 8 nitrogen and oxygen atoms in total. The summed E-state index contributed by atoms with van der Waals surface area (Å²) in [4.78, 5) is 27.1. The molecule has 0 bridgehead atoms. The van der Waals surface area contributed by atoms with Crippen molar-refractivity contribution in [1.82, 2.24) is 9.71 Å². The molecule has 0 atom stereocenters. The molecule has 1 aromatic carbocycles. The first kappa shape index (κ1) is 21.6. The van der Waals surface area contributed by atoms with Crippen LogP contribution in [0.1, 0.15) is 22.4 Å². The van der Waals surface area contributed by atoms with Crippen molar-refractivity contribution in [1.29, 1.82) is 0 Å². The minimum Gasteiger partial charge on any atom is -0.461 e. The Hall–Kier alpha value is -1.72. The molecule has 146 valence electrons. The Morgan fingerprint density at radius 1 is 1.22 bits per heavy atom. The fourth-order valence-electron chi connectivity index (χ4n) is 1.75. The Bertz CT molecular complexity index is 946. The normalized spacial score (nSPS) is 11.2.